The largest absolute Gasteiger partial charge is 0.418 e. The lowest BCUT2D eigenvalue weighted by Crippen LogP contribution is -2.38. The number of anilines is 2. The molecular formula is C21H24F3N3O3. The van der Waals surface area contributed by atoms with E-state index in [1.54, 1.807) is 30.3 Å². The minimum absolute atomic E-state index is 0.0123. The number of rotatable bonds is 8. The minimum Gasteiger partial charge on any atom is -0.395 e. The summed E-state index contributed by atoms with van der Waals surface area (Å²) in [5.41, 5.74) is -1.25. The van der Waals surface area contributed by atoms with Crippen LogP contribution in [0, 0.1) is 0 Å². The van der Waals surface area contributed by atoms with Crippen LogP contribution in [0.5, 0.6) is 0 Å². The van der Waals surface area contributed by atoms with E-state index in [9.17, 15) is 22.8 Å². The zero-order valence-electron chi connectivity index (χ0n) is 16.5. The average Bonchev–Trinajstić information content (AvgIpc) is 2.72. The summed E-state index contributed by atoms with van der Waals surface area (Å²) in [4.78, 5) is 25.9. The van der Waals surface area contributed by atoms with Gasteiger partial charge in [-0.15, -0.1) is 0 Å². The van der Waals surface area contributed by atoms with Gasteiger partial charge < -0.3 is 20.6 Å². The first-order valence-electron chi connectivity index (χ1n) is 9.50. The van der Waals surface area contributed by atoms with E-state index >= 15 is 0 Å². The Morgan fingerprint density at radius 1 is 1.03 bits per heavy atom. The number of urea groups is 1. The molecule has 2 aromatic carbocycles. The lowest BCUT2D eigenvalue weighted by Gasteiger charge is -2.23. The zero-order chi connectivity index (χ0) is 22.1. The molecule has 0 spiro atoms. The minimum atomic E-state index is -4.75. The molecule has 2 rings (SSSR count). The monoisotopic (exact) mass is 423 g/mol. The Hall–Kier alpha value is -3.07. The third kappa shape index (κ3) is 6.48. The van der Waals surface area contributed by atoms with Crippen molar-refractivity contribution < 1.29 is 27.9 Å². The van der Waals surface area contributed by atoms with E-state index in [2.05, 4.69) is 10.6 Å². The molecule has 30 heavy (non-hydrogen) atoms. The van der Waals surface area contributed by atoms with Crippen molar-refractivity contribution in [3.05, 3.63) is 59.7 Å². The van der Waals surface area contributed by atoms with Crippen molar-refractivity contribution in [2.75, 3.05) is 30.3 Å². The Morgan fingerprint density at radius 3 is 2.33 bits per heavy atom. The number of carbonyl (C=O) groups is 2. The van der Waals surface area contributed by atoms with E-state index in [-0.39, 0.29) is 18.8 Å². The predicted molar refractivity (Wildman–Crippen MR) is 108 cm³/mol. The lowest BCUT2D eigenvalue weighted by molar-refractivity contribution is -0.136. The fourth-order valence-corrected chi connectivity index (χ4v) is 2.74. The number of unbranched alkanes of at least 4 members (excludes halogenated alkanes) is 1. The highest BCUT2D eigenvalue weighted by Gasteiger charge is 2.34. The topological polar surface area (TPSA) is 81.7 Å². The number of hydrogen-bond acceptors (Lipinski definition) is 3. The summed E-state index contributed by atoms with van der Waals surface area (Å²) >= 11 is 0. The van der Waals surface area contributed by atoms with Crippen molar-refractivity contribution in [3.63, 3.8) is 0 Å². The van der Waals surface area contributed by atoms with Crippen LogP contribution in [-0.2, 0) is 6.18 Å². The Labute approximate surface area is 172 Å². The molecule has 0 aliphatic carbocycles. The van der Waals surface area contributed by atoms with E-state index in [1.807, 2.05) is 6.92 Å². The number of benzene rings is 2. The smallest absolute Gasteiger partial charge is 0.395 e. The van der Waals surface area contributed by atoms with Gasteiger partial charge in [-0.1, -0.05) is 31.5 Å². The molecule has 6 nitrogen and oxygen atoms in total. The summed E-state index contributed by atoms with van der Waals surface area (Å²) < 4.78 is 40.7. The lowest BCUT2D eigenvalue weighted by atomic mass is 10.1. The third-order valence-corrected chi connectivity index (χ3v) is 4.30. The van der Waals surface area contributed by atoms with Crippen LogP contribution in [-0.4, -0.2) is 41.6 Å². The molecule has 3 amide bonds. The molecule has 2 aromatic rings. The maximum absolute atomic E-state index is 13.6. The first-order chi connectivity index (χ1) is 14.3. The van der Waals surface area contributed by atoms with Crippen LogP contribution >= 0.6 is 0 Å². The van der Waals surface area contributed by atoms with Gasteiger partial charge in [0.05, 0.1) is 17.9 Å². The molecule has 0 bridgehead atoms. The quantitative estimate of drug-likeness (QED) is 0.581. The van der Waals surface area contributed by atoms with Gasteiger partial charge >= 0.3 is 12.2 Å². The normalized spacial score (nSPS) is 11.1. The molecule has 9 heteroatoms. The number of carbonyl (C=O) groups excluding carboxylic acids is 2. The van der Waals surface area contributed by atoms with Gasteiger partial charge in [-0.2, -0.15) is 13.2 Å². The van der Waals surface area contributed by atoms with Crippen molar-refractivity contribution in [3.8, 4) is 0 Å². The molecule has 0 unspecified atom stereocenters. The second-order valence-corrected chi connectivity index (χ2v) is 6.57. The van der Waals surface area contributed by atoms with Crippen LogP contribution in [0.4, 0.5) is 29.3 Å². The molecule has 0 radical (unpaired) electrons. The fraction of sp³-hybridized carbons (Fsp3) is 0.333. The van der Waals surface area contributed by atoms with Gasteiger partial charge in [0.25, 0.3) is 5.91 Å². The summed E-state index contributed by atoms with van der Waals surface area (Å²) in [6, 6.07) is 10.5. The molecule has 0 fully saturated rings. The van der Waals surface area contributed by atoms with Gasteiger partial charge in [-0.25, -0.2) is 4.79 Å². The molecule has 0 heterocycles. The highest BCUT2D eigenvalue weighted by molar-refractivity contribution is 6.04. The van der Waals surface area contributed by atoms with Gasteiger partial charge in [0.15, 0.2) is 0 Å². The third-order valence-electron chi connectivity index (χ3n) is 4.30. The van der Waals surface area contributed by atoms with Gasteiger partial charge in [0.2, 0.25) is 0 Å². The molecule has 0 saturated heterocycles. The zero-order valence-corrected chi connectivity index (χ0v) is 16.5. The van der Waals surface area contributed by atoms with Crippen molar-refractivity contribution in [2.45, 2.75) is 25.9 Å². The highest BCUT2D eigenvalue weighted by Crippen LogP contribution is 2.36. The molecule has 162 valence electrons. The first-order valence-corrected chi connectivity index (χ1v) is 9.50. The Balaban J connectivity index is 2.23. The molecular weight excluding hydrogens is 399 g/mol. The van der Waals surface area contributed by atoms with Crippen LogP contribution in [0.1, 0.15) is 35.7 Å². The Kier molecular flexibility index (Phi) is 8.23. The number of halogens is 3. The fourth-order valence-electron chi connectivity index (χ4n) is 2.74. The number of aliphatic hydroxyl groups excluding tert-OH is 1. The van der Waals surface area contributed by atoms with Crippen LogP contribution in [0.3, 0.4) is 0 Å². The molecule has 0 aliphatic heterocycles. The number of hydrogen-bond donors (Lipinski definition) is 3. The van der Waals surface area contributed by atoms with Crippen molar-refractivity contribution in [1.29, 1.82) is 0 Å². The second kappa shape index (κ2) is 10.6. The number of nitrogens with one attached hydrogen (secondary N) is 2. The molecule has 0 atom stereocenters. The summed E-state index contributed by atoms with van der Waals surface area (Å²) in [5.74, 6) is -0.547. The Morgan fingerprint density at radius 2 is 1.73 bits per heavy atom. The van der Waals surface area contributed by atoms with Crippen LogP contribution < -0.4 is 10.6 Å². The van der Waals surface area contributed by atoms with E-state index < -0.39 is 29.4 Å². The van der Waals surface area contributed by atoms with Crippen LogP contribution in [0.2, 0.25) is 0 Å². The molecule has 0 aromatic heterocycles. The van der Waals surface area contributed by atoms with Crippen molar-refractivity contribution in [1.82, 2.24) is 4.90 Å². The molecule has 0 saturated carbocycles. The van der Waals surface area contributed by atoms with Crippen LogP contribution in [0.15, 0.2) is 48.5 Å². The Bertz CT molecular complexity index is 858. The SMILES string of the molecule is CCCCN(CCO)C(=O)Nc1ccc(NC(=O)c2ccccc2)cc1C(F)(F)F. The molecule has 0 aliphatic rings. The van der Waals surface area contributed by atoms with Crippen LogP contribution in [0.25, 0.3) is 0 Å². The van der Waals surface area contributed by atoms with Gasteiger partial charge in [-0.05, 0) is 36.8 Å². The second-order valence-electron chi connectivity index (χ2n) is 6.57. The van der Waals surface area contributed by atoms with Gasteiger partial charge in [0.1, 0.15) is 0 Å². The summed E-state index contributed by atoms with van der Waals surface area (Å²) in [6.45, 7) is 1.95. The number of aliphatic hydroxyl groups is 1. The maximum atomic E-state index is 13.6. The summed E-state index contributed by atoms with van der Waals surface area (Å²) in [7, 11) is 0. The summed E-state index contributed by atoms with van der Waals surface area (Å²) in [6.07, 6.45) is -3.30. The van der Waals surface area contributed by atoms with Gasteiger partial charge in [-0.3, -0.25) is 4.79 Å². The van der Waals surface area contributed by atoms with Gasteiger partial charge in [0, 0.05) is 24.3 Å². The standard InChI is InChI=1S/C21H24F3N3O3/c1-2-3-11-27(12-13-28)20(30)26-18-10-9-16(14-17(18)21(22,23)24)25-19(29)15-7-5-4-6-8-15/h4-10,14,28H,2-3,11-13H2,1H3,(H,25,29)(H,26,30). The van der Waals surface area contributed by atoms with Crippen molar-refractivity contribution >= 4 is 23.3 Å². The predicted octanol–water partition coefficient (Wildman–Crippen LogP) is 4.58. The molecule has 3 N–H and O–H groups in total. The number of amides is 3. The number of alkyl halides is 3. The number of nitrogens with zero attached hydrogens (tertiary/aromatic N) is 1. The van der Waals surface area contributed by atoms with E-state index in [1.165, 1.54) is 11.0 Å². The van der Waals surface area contributed by atoms with Crippen molar-refractivity contribution in [2.24, 2.45) is 0 Å². The summed E-state index contributed by atoms with van der Waals surface area (Å²) in [5, 5.41) is 13.8. The van der Waals surface area contributed by atoms with E-state index in [0.717, 1.165) is 18.6 Å². The maximum Gasteiger partial charge on any atom is 0.418 e. The first kappa shape index (κ1) is 23.2. The average molecular weight is 423 g/mol. The van der Waals surface area contributed by atoms with E-state index in [0.29, 0.717) is 18.5 Å². The van der Waals surface area contributed by atoms with E-state index in [4.69, 9.17) is 5.11 Å². The highest BCUT2D eigenvalue weighted by atomic mass is 19.4.